The molecule has 1 unspecified atom stereocenters. The summed E-state index contributed by atoms with van der Waals surface area (Å²) in [4.78, 5) is 29.6. The Morgan fingerprint density at radius 1 is 1.11 bits per heavy atom. The summed E-state index contributed by atoms with van der Waals surface area (Å²) in [6.07, 6.45) is 2.45. The van der Waals surface area contributed by atoms with Gasteiger partial charge in [-0.15, -0.1) is 0 Å². The first-order valence-corrected chi connectivity index (χ1v) is 10.0. The van der Waals surface area contributed by atoms with Gasteiger partial charge in [-0.2, -0.15) is 0 Å². The highest BCUT2D eigenvalue weighted by atomic mass is 16.5. The molecule has 0 aliphatic carbocycles. The summed E-state index contributed by atoms with van der Waals surface area (Å²) in [5, 5.41) is 6.29. The van der Waals surface area contributed by atoms with Crippen LogP contribution in [0.15, 0.2) is 0 Å². The lowest BCUT2D eigenvalue weighted by Crippen LogP contribution is -2.59. The van der Waals surface area contributed by atoms with E-state index in [-0.39, 0.29) is 17.9 Å². The minimum atomic E-state index is -0.396. The van der Waals surface area contributed by atoms with E-state index < -0.39 is 5.41 Å². The molecule has 8 nitrogen and oxygen atoms in total. The summed E-state index contributed by atoms with van der Waals surface area (Å²) in [6, 6.07) is -0.184. The van der Waals surface area contributed by atoms with E-state index in [9.17, 15) is 9.59 Å². The SMILES string of the molecule is COCCCNC(=O)C(C)N1CCN(C(=O)C2(COC)CCNCC2)CC1. The Labute approximate surface area is 162 Å². The van der Waals surface area contributed by atoms with E-state index in [0.717, 1.165) is 45.4 Å². The van der Waals surface area contributed by atoms with Crippen molar-refractivity contribution in [2.45, 2.75) is 32.2 Å². The van der Waals surface area contributed by atoms with E-state index in [1.165, 1.54) is 0 Å². The number of methoxy groups -OCH3 is 2. The molecule has 2 amide bonds. The number of ether oxygens (including phenoxy) is 2. The van der Waals surface area contributed by atoms with Crippen molar-refractivity contribution in [2.75, 3.05) is 73.2 Å². The number of hydrogen-bond donors (Lipinski definition) is 2. The van der Waals surface area contributed by atoms with Crippen molar-refractivity contribution in [3.05, 3.63) is 0 Å². The fourth-order valence-corrected chi connectivity index (χ4v) is 3.99. The van der Waals surface area contributed by atoms with E-state index in [1.807, 2.05) is 11.8 Å². The third kappa shape index (κ3) is 5.88. The quantitative estimate of drug-likeness (QED) is 0.531. The standard InChI is InChI=1S/C19H36N4O4/c1-16(17(24)21-7-4-14-26-2)22-10-12-23(13-11-22)18(25)19(15-27-3)5-8-20-9-6-19/h16,20H,4-15H2,1-3H3,(H,21,24). The molecule has 2 saturated heterocycles. The van der Waals surface area contributed by atoms with Gasteiger partial charge in [0.15, 0.2) is 0 Å². The number of piperazine rings is 1. The van der Waals surface area contributed by atoms with Crippen LogP contribution in [0.5, 0.6) is 0 Å². The van der Waals surface area contributed by atoms with E-state index in [1.54, 1.807) is 14.2 Å². The lowest BCUT2D eigenvalue weighted by atomic mass is 9.78. The summed E-state index contributed by atoms with van der Waals surface area (Å²) in [5.74, 6) is 0.252. The second-order valence-corrected chi connectivity index (χ2v) is 7.60. The first-order valence-electron chi connectivity index (χ1n) is 10.0. The molecule has 0 spiro atoms. The highest BCUT2D eigenvalue weighted by molar-refractivity contribution is 5.83. The molecule has 2 fully saturated rings. The zero-order valence-electron chi connectivity index (χ0n) is 17.1. The highest BCUT2D eigenvalue weighted by Gasteiger charge is 2.43. The van der Waals surface area contributed by atoms with Crippen molar-refractivity contribution in [3.63, 3.8) is 0 Å². The molecule has 0 radical (unpaired) electrons. The number of piperidine rings is 1. The smallest absolute Gasteiger partial charge is 0.237 e. The van der Waals surface area contributed by atoms with Crippen molar-refractivity contribution in [1.29, 1.82) is 0 Å². The maximum absolute atomic E-state index is 13.2. The van der Waals surface area contributed by atoms with Gasteiger partial charge in [0.2, 0.25) is 11.8 Å². The maximum Gasteiger partial charge on any atom is 0.237 e. The molecule has 2 aliphatic rings. The van der Waals surface area contributed by atoms with Gasteiger partial charge in [-0.05, 0) is 39.3 Å². The average molecular weight is 385 g/mol. The van der Waals surface area contributed by atoms with Crippen LogP contribution in [-0.2, 0) is 19.1 Å². The molecule has 0 bridgehead atoms. The molecule has 0 aromatic heterocycles. The van der Waals surface area contributed by atoms with Crippen LogP contribution in [0.25, 0.3) is 0 Å². The van der Waals surface area contributed by atoms with Gasteiger partial charge in [0.1, 0.15) is 0 Å². The second-order valence-electron chi connectivity index (χ2n) is 7.60. The molecular formula is C19H36N4O4. The summed E-state index contributed by atoms with van der Waals surface area (Å²) >= 11 is 0. The third-order valence-electron chi connectivity index (χ3n) is 5.79. The fraction of sp³-hybridized carbons (Fsp3) is 0.895. The zero-order valence-corrected chi connectivity index (χ0v) is 17.1. The lowest BCUT2D eigenvalue weighted by Gasteiger charge is -2.43. The Hall–Kier alpha value is -1.22. The van der Waals surface area contributed by atoms with Gasteiger partial charge in [0.05, 0.1) is 18.1 Å². The fourth-order valence-electron chi connectivity index (χ4n) is 3.99. The van der Waals surface area contributed by atoms with E-state index >= 15 is 0 Å². The minimum absolute atomic E-state index is 0.0417. The van der Waals surface area contributed by atoms with Crippen molar-refractivity contribution in [1.82, 2.24) is 20.4 Å². The summed E-state index contributed by atoms with van der Waals surface area (Å²) < 4.78 is 10.4. The number of hydrogen-bond acceptors (Lipinski definition) is 6. The monoisotopic (exact) mass is 384 g/mol. The average Bonchev–Trinajstić information content (AvgIpc) is 2.71. The minimum Gasteiger partial charge on any atom is -0.385 e. The number of carbonyl (C=O) groups is 2. The van der Waals surface area contributed by atoms with Crippen LogP contribution in [0.4, 0.5) is 0 Å². The molecule has 2 aliphatic heterocycles. The van der Waals surface area contributed by atoms with Gasteiger partial charge in [-0.25, -0.2) is 0 Å². The molecule has 156 valence electrons. The van der Waals surface area contributed by atoms with Gasteiger partial charge in [0.25, 0.3) is 0 Å². The molecule has 2 rings (SSSR count). The highest BCUT2D eigenvalue weighted by Crippen LogP contribution is 2.32. The molecule has 8 heteroatoms. The van der Waals surface area contributed by atoms with E-state index in [2.05, 4.69) is 15.5 Å². The van der Waals surface area contributed by atoms with Crippen molar-refractivity contribution in [3.8, 4) is 0 Å². The summed E-state index contributed by atoms with van der Waals surface area (Å²) in [6.45, 7) is 8.18. The maximum atomic E-state index is 13.2. The Morgan fingerprint density at radius 2 is 1.78 bits per heavy atom. The molecule has 0 saturated carbocycles. The molecule has 0 aromatic rings. The molecular weight excluding hydrogens is 348 g/mol. The van der Waals surface area contributed by atoms with Gasteiger partial charge >= 0.3 is 0 Å². The van der Waals surface area contributed by atoms with Crippen LogP contribution in [0.3, 0.4) is 0 Å². The Bertz CT molecular complexity index is 469. The topological polar surface area (TPSA) is 83.1 Å². The van der Waals surface area contributed by atoms with Gasteiger partial charge in [0, 0.05) is 53.6 Å². The van der Waals surface area contributed by atoms with Crippen LogP contribution < -0.4 is 10.6 Å². The van der Waals surface area contributed by atoms with Crippen LogP contribution in [0.1, 0.15) is 26.2 Å². The molecule has 0 aromatic carbocycles. The van der Waals surface area contributed by atoms with Gasteiger partial charge < -0.3 is 25.0 Å². The Kier molecular flexibility index (Phi) is 8.95. The Morgan fingerprint density at radius 3 is 2.37 bits per heavy atom. The van der Waals surface area contributed by atoms with Crippen molar-refractivity contribution in [2.24, 2.45) is 5.41 Å². The van der Waals surface area contributed by atoms with E-state index in [0.29, 0.717) is 32.8 Å². The van der Waals surface area contributed by atoms with Crippen molar-refractivity contribution < 1.29 is 19.1 Å². The van der Waals surface area contributed by atoms with Gasteiger partial charge in [-0.3, -0.25) is 14.5 Å². The molecule has 2 heterocycles. The van der Waals surface area contributed by atoms with Gasteiger partial charge in [-0.1, -0.05) is 0 Å². The molecule has 1 atom stereocenters. The van der Waals surface area contributed by atoms with Crippen LogP contribution >= 0.6 is 0 Å². The number of amides is 2. The van der Waals surface area contributed by atoms with Crippen LogP contribution in [0, 0.1) is 5.41 Å². The van der Waals surface area contributed by atoms with E-state index in [4.69, 9.17) is 9.47 Å². The van der Waals surface area contributed by atoms with Crippen LogP contribution in [-0.4, -0.2) is 101 Å². The molecule has 2 N–H and O–H groups in total. The number of nitrogens with zero attached hydrogens (tertiary/aromatic N) is 2. The number of rotatable bonds is 9. The first kappa shape index (κ1) is 22.1. The number of nitrogens with one attached hydrogen (secondary N) is 2. The second kappa shape index (κ2) is 10.9. The van der Waals surface area contributed by atoms with Crippen molar-refractivity contribution >= 4 is 11.8 Å². The largest absolute Gasteiger partial charge is 0.385 e. The normalized spacial score (nSPS) is 21.7. The Balaban J connectivity index is 1.83. The lowest BCUT2D eigenvalue weighted by molar-refractivity contribution is -0.150. The molecule has 27 heavy (non-hydrogen) atoms. The predicted molar refractivity (Wildman–Crippen MR) is 104 cm³/mol. The van der Waals surface area contributed by atoms with Crippen LogP contribution in [0.2, 0.25) is 0 Å². The number of carbonyl (C=O) groups excluding carboxylic acids is 2. The first-order chi connectivity index (χ1) is 13.0. The summed E-state index contributed by atoms with van der Waals surface area (Å²) in [5.41, 5.74) is -0.396. The third-order valence-corrected chi connectivity index (χ3v) is 5.79. The predicted octanol–water partition coefficient (Wildman–Crippen LogP) is -0.312. The summed E-state index contributed by atoms with van der Waals surface area (Å²) in [7, 11) is 3.33. The zero-order chi connectivity index (χ0) is 19.7.